The van der Waals surface area contributed by atoms with Gasteiger partial charge in [0.25, 0.3) is 0 Å². The third-order valence-electron chi connectivity index (χ3n) is 2.95. The molecule has 2 N–H and O–H groups in total. The molecular weight excluding hydrogens is 326 g/mol. The molecule has 0 radical (unpaired) electrons. The van der Waals surface area contributed by atoms with E-state index in [0.29, 0.717) is 0 Å². The fourth-order valence-electron chi connectivity index (χ4n) is 1.95. The summed E-state index contributed by atoms with van der Waals surface area (Å²) < 4.78 is 12.1. The molecule has 0 aliphatic heterocycles. The lowest BCUT2D eigenvalue weighted by molar-refractivity contribution is 0.414. The zero-order valence-corrected chi connectivity index (χ0v) is 12.6. The lowest BCUT2D eigenvalue weighted by atomic mass is 10.2. The second kappa shape index (κ2) is 5.00. The number of furan rings is 1. The number of rotatable bonds is 3. The standard InChI is InChI=1S/C14H12BrNO2S/c1-17-9-3-2-8-6-11(18-10(8)7-9)14(16)12-4-5-13(15)19-12/h2-7,14H,16H2,1H3. The van der Waals surface area contributed by atoms with Gasteiger partial charge in [-0.3, -0.25) is 0 Å². The van der Waals surface area contributed by atoms with Gasteiger partial charge in [0.2, 0.25) is 0 Å². The maximum atomic E-state index is 6.23. The fraction of sp³-hybridized carbons (Fsp3) is 0.143. The van der Waals surface area contributed by atoms with Crippen molar-refractivity contribution in [1.29, 1.82) is 0 Å². The molecule has 1 unspecified atom stereocenters. The molecule has 2 aromatic heterocycles. The average molecular weight is 338 g/mol. The molecule has 0 aliphatic carbocycles. The maximum absolute atomic E-state index is 6.23. The molecular formula is C14H12BrNO2S. The van der Waals surface area contributed by atoms with Gasteiger partial charge >= 0.3 is 0 Å². The van der Waals surface area contributed by atoms with E-state index < -0.39 is 0 Å². The Kier molecular flexibility index (Phi) is 3.35. The quantitative estimate of drug-likeness (QED) is 0.774. The molecule has 0 amide bonds. The summed E-state index contributed by atoms with van der Waals surface area (Å²) in [6.45, 7) is 0. The summed E-state index contributed by atoms with van der Waals surface area (Å²) in [5.74, 6) is 1.54. The first-order valence-corrected chi connectivity index (χ1v) is 7.36. The Bertz CT molecular complexity index is 719. The van der Waals surface area contributed by atoms with Gasteiger partial charge in [-0.15, -0.1) is 11.3 Å². The highest BCUT2D eigenvalue weighted by atomic mass is 79.9. The maximum Gasteiger partial charge on any atom is 0.138 e. The Hall–Kier alpha value is -1.30. The smallest absolute Gasteiger partial charge is 0.138 e. The van der Waals surface area contributed by atoms with Gasteiger partial charge in [0.05, 0.1) is 16.9 Å². The molecule has 98 valence electrons. The highest BCUT2D eigenvalue weighted by Crippen LogP contribution is 2.33. The van der Waals surface area contributed by atoms with Crippen LogP contribution in [0.2, 0.25) is 0 Å². The number of fused-ring (bicyclic) bond motifs is 1. The van der Waals surface area contributed by atoms with E-state index in [9.17, 15) is 0 Å². The van der Waals surface area contributed by atoms with Gasteiger partial charge in [-0.2, -0.15) is 0 Å². The molecule has 2 heterocycles. The molecule has 3 nitrogen and oxygen atoms in total. The van der Waals surface area contributed by atoms with E-state index in [0.717, 1.165) is 31.1 Å². The molecule has 3 rings (SSSR count). The van der Waals surface area contributed by atoms with Crippen molar-refractivity contribution in [1.82, 2.24) is 0 Å². The van der Waals surface area contributed by atoms with E-state index >= 15 is 0 Å². The SMILES string of the molecule is COc1ccc2cc(C(N)c3ccc(Br)s3)oc2c1. The molecule has 0 spiro atoms. The van der Waals surface area contributed by atoms with Crippen LogP contribution in [0.4, 0.5) is 0 Å². The van der Waals surface area contributed by atoms with Crippen molar-refractivity contribution in [2.24, 2.45) is 5.73 Å². The first kappa shape index (κ1) is 12.7. The number of halogens is 1. The van der Waals surface area contributed by atoms with E-state index in [1.807, 2.05) is 36.4 Å². The van der Waals surface area contributed by atoms with Crippen molar-refractivity contribution in [3.05, 3.63) is 50.8 Å². The highest BCUT2D eigenvalue weighted by molar-refractivity contribution is 9.11. The number of thiophene rings is 1. The van der Waals surface area contributed by atoms with Crippen LogP contribution in [0, 0.1) is 0 Å². The Labute approximate surface area is 123 Å². The fourth-order valence-corrected chi connectivity index (χ4v) is 3.38. The number of nitrogens with two attached hydrogens (primary N) is 1. The monoisotopic (exact) mass is 337 g/mol. The molecule has 1 aromatic carbocycles. The molecule has 0 fully saturated rings. The predicted octanol–water partition coefficient (Wildman–Crippen LogP) is 4.31. The summed E-state index contributed by atoms with van der Waals surface area (Å²) in [6, 6.07) is 11.5. The molecule has 0 aliphatic rings. The second-order valence-electron chi connectivity index (χ2n) is 4.17. The van der Waals surface area contributed by atoms with E-state index in [1.54, 1.807) is 18.4 Å². The third-order valence-corrected chi connectivity index (χ3v) is 4.66. The first-order chi connectivity index (χ1) is 9.17. The van der Waals surface area contributed by atoms with Crippen molar-refractivity contribution in [3.8, 4) is 5.75 Å². The summed E-state index contributed by atoms with van der Waals surface area (Å²) in [6.07, 6.45) is 0. The van der Waals surface area contributed by atoms with Crippen molar-refractivity contribution in [2.75, 3.05) is 7.11 Å². The Morgan fingerprint density at radius 1 is 1.26 bits per heavy atom. The normalized spacial score (nSPS) is 12.8. The van der Waals surface area contributed by atoms with E-state index in [-0.39, 0.29) is 6.04 Å². The number of methoxy groups -OCH3 is 1. The van der Waals surface area contributed by atoms with Gasteiger partial charge in [-0.05, 0) is 46.3 Å². The summed E-state index contributed by atoms with van der Waals surface area (Å²) in [4.78, 5) is 1.07. The Morgan fingerprint density at radius 3 is 2.79 bits per heavy atom. The molecule has 19 heavy (non-hydrogen) atoms. The van der Waals surface area contributed by atoms with Crippen LogP contribution in [0.1, 0.15) is 16.7 Å². The number of benzene rings is 1. The number of hydrogen-bond donors (Lipinski definition) is 1. The van der Waals surface area contributed by atoms with E-state index in [2.05, 4.69) is 15.9 Å². The molecule has 0 saturated carbocycles. The zero-order valence-electron chi connectivity index (χ0n) is 10.2. The minimum absolute atomic E-state index is 0.241. The zero-order chi connectivity index (χ0) is 13.4. The highest BCUT2D eigenvalue weighted by Gasteiger charge is 2.16. The molecule has 1 atom stereocenters. The average Bonchev–Trinajstić information content (AvgIpc) is 3.02. The van der Waals surface area contributed by atoms with Gasteiger partial charge in [0.1, 0.15) is 17.1 Å². The van der Waals surface area contributed by atoms with Crippen LogP contribution in [-0.2, 0) is 0 Å². The second-order valence-corrected chi connectivity index (χ2v) is 6.67. The molecule has 5 heteroatoms. The third kappa shape index (κ3) is 2.41. The van der Waals surface area contributed by atoms with Gasteiger partial charge in [-0.25, -0.2) is 0 Å². The summed E-state index contributed by atoms with van der Waals surface area (Å²) in [5.41, 5.74) is 7.02. The van der Waals surface area contributed by atoms with Gasteiger partial charge in [0.15, 0.2) is 0 Å². The molecule has 3 aromatic rings. The Balaban J connectivity index is 2.00. The van der Waals surface area contributed by atoms with E-state index in [4.69, 9.17) is 14.9 Å². The van der Waals surface area contributed by atoms with Crippen molar-refractivity contribution < 1.29 is 9.15 Å². The molecule has 0 saturated heterocycles. The van der Waals surface area contributed by atoms with Crippen molar-refractivity contribution in [2.45, 2.75) is 6.04 Å². The van der Waals surface area contributed by atoms with Crippen LogP contribution >= 0.6 is 27.3 Å². The topological polar surface area (TPSA) is 48.4 Å². The van der Waals surface area contributed by atoms with Crippen LogP contribution in [0.5, 0.6) is 5.75 Å². The summed E-state index contributed by atoms with van der Waals surface area (Å²) >= 11 is 5.06. The lowest BCUT2D eigenvalue weighted by Gasteiger charge is -2.04. The predicted molar refractivity (Wildman–Crippen MR) is 80.8 cm³/mol. The largest absolute Gasteiger partial charge is 0.497 e. The van der Waals surface area contributed by atoms with Crippen molar-refractivity contribution >= 4 is 38.2 Å². The van der Waals surface area contributed by atoms with Crippen molar-refractivity contribution in [3.63, 3.8) is 0 Å². The first-order valence-electron chi connectivity index (χ1n) is 5.75. The van der Waals surface area contributed by atoms with Crippen LogP contribution < -0.4 is 10.5 Å². The summed E-state index contributed by atoms with van der Waals surface area (Å²) in [5, 5.41) is 1.03. The van der Waals surface area contributed by atoms with Crippen LogP contribution in [-0.4, -0.2) is 7.11 Å². The van der Waals surface area contributed by atoms with E-state index in [1.165, 1.54) is 0 Å². The minimum atomic E-state index is -0.241. The van der Waals surface area contributed by atoms with Crippen LogP contribution in [0.3, 0.4) is 0 Å². The number of hydrogen-bond acceptors (Lipinski definition) is 4. The number of ether oxygens (including phenoxy) is 1. The summed E-state index contributed by atoms with van der Waals surface area (Å²) in [7, 11) is 1.64. The molecule has 0 bridgehead atoms. The Morgan fingerprint density at radius 2 is 2.11 bits per heavy atom. The van der Waals surface area contributed by atoms with Gasteiger partial charge < -0.3 is 14.9 Å². The van der Waals surface area contributed by atoms with Crippen LogP contribution in [0.25, 0.3) is 11.0 Å². The van der Waals surface area contributed by atoms with Gasteiger partial charge in [-0.1, -0.05) is 0 Å². The minimum Gasteiger partial charge on any atom is -0.497 e. The van der Waals surface area contributed by atoms with Crippen LogP contribution in [0.15, 0.2) is 44.6 Å². The van der Waals surface area contributed by atoms with Gasteiger partial charge in [0, 0.05) is 16.3 Å². The lowest BCUT2D eigenvalue weighted by Crippen LogP contribution is -2.08.